The molecule has 0 spiro atoms. The molecule has 118 valence electrons. The Bertz CT molecular complexity index is 670. The highest BCUT2D eigenvalue weighted by Crippen LogP contribution is 2.21. The molecule has 0 aliphatic rings. The van der Waals surface area contributed by atoms with Crippen LogP contribution in [0.3, 0.4) is 0 Å². The Hall–Kier alpha value is -2.10. The molecule has 1 aromatic heterocycles. The second-order valence-corrected chi connectivity index (χ2v) is 6.04. The molecule has 1 heterocycles. The fraction of sp³-hybridized carbons (Fsp3) is 0.444. The molecule has 2 aromatic rings. The Morgan fingerprint density at radius 1 is 1.23 bits per heavy atom. The number of amides is 1. The Kier molecular flexibility index (Phi) is 4.69. The second-order valence-electron chi connectivity index (χ2n) is 6.04. The highest BCUT2D eigenvalue weighted by atomic mass is 16.2. The van der Waals surface area contributed by atoms with Gasteiger partial charge in [0.15, 0.2) is 0 Å². The van der Waals surface area contributed by atoms with Crippen LogP contribution in [0.2, 0.25) is 0 Å². The molecule has 1 unspecified atom stereocenters. The van der Waals surface area contributed by atoms with Gasteiger partial charge in [-0.25, -0.2) is 0 Å². The van der Waals surface area contributed by atoms with Crippen LogP contribution in [0, 0.1) is 20.8 Å². The van der Waals surface area contributed by atoms with Crippen molar-refractivity contribution < 1.29 is 4.79 Å². The summed E-state index contributed by atoms with van der Waals surface area (Å²) in [5.74, 6) is 0.118. The first-order valence-corrected chi connectivity index (χ1v) is 7.62. The molecule has 0 aliphatic heterocycles. The number of rotatable bonds is 4. The molecule has 4 heteroatoms. The first-order chi connectivity index (χ1) is 10.3. The third-order valence-electron chi connectivity index (χ3n) is 4.52. The predicted molar refractivity (Wildman–Crippen MR) is 88.8 cm³/mol. The van der Waals surface area contributed by atoms with Crippen LogP contribution in [0.4, 0.5) is 0 Å². The lowest BCUT2D eigenvalue weighted by Crippen LogP contribution is -2.31. The number of hydrogen-bond donors (Lipinski definition) is 0. The fourth-order valence-electron chi connectivity index (χ4n) is 2.63. The number of carbonyl (C=O) groups is 1. The summed E-state index contributed by atoms with van der Waals surface area (Å²) in [5, 5.41) is 4.38. The molecule has 0 aliphatic carbocycles. The summed E-state index contributed by atoms with van der Waals surface area (Å²) >= 11 is 0. The summed E-state index contributed by atoms with van der Waals surface area (Å²) in [7, 11) is 3.78. The van der Waals surface area contributed by atoms with Gasteiger partial charge in [0, 0.05) is 25.4 Å². The van der Waals surface area contributed by atoms with E-state index in [4.69, 9.17) is 0 Å². The number of nitrogens with zero attached hydrogens (tertiary/aromatic N) is 3. The van der Waals surface area contributed by atoms with Gasteiger partial charge in [-0.2, -0.15) is 5.10 Å². The minimum absolute atomic E-state index is 0.0605. The van der Waals surface area contributed by atoms with Gasteiger partial charge in [-0.1, -0.05) is 29.8 Å². The Labute approximate surface area is 132 Å². The molecule has 0 fully saturated rings. The van der Waals surface area contributed by atoms with E-state index in [1.165, 1.54) is 5.56 Å². The normalized spacial score (nSPS) is 12.3. The third kappa shape index (κ3) is 3.21. The number of hydrogen-bond acceptors (Lipinski definition) is 2. The molecule has 1 amide bonds. The van der Waals surface area contributed by atoms with Gasteiger partial charge in [-0.3, -0.25) is 9.48 Å². The van der Waals surface area contributed by atoms with Crippen molar-refractivity contribution in [1.82, 2.24) is 14.7 Å². The molecule has 0 bridgehead atoms. The molecule has 0 N–H and O–H groups in total. The molecule has 4 nitrogen and oxygen atoms in total. The second kappa shape index (κ2) is 6.34. The van der Waals surface area contributed by atoms with Crippen molar-refractivity contribution in [2.45, 2.75) is 40.2 Å². The smallest absolute Gasteiger partial charge is 0.227 e. The van der Waals surface area contributed by atoms with Gasteiger partial charge in [0.25, 0.3) is 0 Å². The van der Waals surface area contributed by atoms with Crippen molar-refractivity contribution in [3.63, 3.8) is 0 Å². The third-order valence-corrected chi connectivity index (χ3v) is 4.52. The Balaban J connectivity index is 2.13. The van der Waals surface area contributed by atoms with E-state index in [-0.39, 0.29) is 11.9 Å². The zero-order chi connectivity index (χ0) is 16.4. The van der Waals surface area contributed by atoms with Crippen LogP contribution < -0.4 is 0 Å². The van der Waals surface area contributed by atoms with Gasteiger partial charge in [0.1, 0.15) is 0 Å². The number of benzene rings is 1. The lowest BCUT2D eigenvalue weighted by Gasteiger charge is -2.25. The van der Waals surface area contributed by atoms with E-state index >= 15 is 0 Å². The highest BCUT2D eigenvalue weighted by molar-refractivity contribution is 5.79. The number of likely N-dealkylation sites (N-methyl/N-ethyl adjacent to an activating group) is 1. The molecule has 22 heavy (non-hydrogen) atoms. The Morgan fingerprint density at radius 2 is 1.82 bits per heavy atom. The van der Waals surface area contributed by atoms with Crippen molar-refractivity contribution in [3.05, 3.63) is 52.3 Å². The van der Waals surface area contributed by atoms with Crippen LogP contribution in [0.15, 0.2) is 24.3 Å². The molecule has 0 saturated carbocycles. The van der Waals surface area contributed by atoms with Gasteiger partial charge in [0.2, 0.25) is 5.91 Å². The van der Waals surface area contributed by atoms with E-state index in [0.29, 0.717) is 6.42 Å². The minimum Gasteiger partial charge on any atom is -0.339 e. The summed E-state index contributed by atoms with van der Waals surface area (Å²) < 4.78 is 1.83. The van der Waals surface area contributed by atoms with Crippen LogP contribution in [0.5, 0.6) is 0 Å². The summed E-state index contributed by atoms with van der Waals surface area (Å²) in [6.07, 6.45) is 0.401. The van der Waals surface area contributed by atoms with Crippen molar-refractivity contribution in [2.24, 2.45) is 7.05 Å². The average molecular weight is 299 g/mol. The van der Waals surface area contributed by atoms with E-state index in [0.717, 1.165) is 22.5 Å². The van der Waals surface area contributed by atoms with Crippen molar-refractivity contribution >= 4 is 5.91 Å². The maximum Gasteiger partial charge on any atom is 0.227 e. The molecular weight excluding hydrogens is 274 g/mol. The van der Waals surface area contributed by atoms with Crippen molar-refractivity contribution in [2.75, 3.05) is 7.05 Å². The SMILES string of the molecule is Cc1ccc(C(C)N(C)C(=O)Cc2c(C)nn(C)c2C)cc1. The summed E-state index contributed by atoms with van der Waals surface area (Å²) in [6, 6.07) is 8.40. The molecule has 1 aromatic carbocycles. The van der Waals surface area contributed by atoms with Crippen LogP contribution in [-0.4, -0.2) is 27.6 Å². The van der Waals surface area contributed by atoms with Gasteiger partial charge in [-0.05, 0) is 33.3 Å². The zero-order valence-electron chi connectivity index (χ0n) is 14.3. The van der Waals surface area contributed by atoms with Crippen LogP contribution in [0.25, 0.3) is 0 Å². The van der Waals surface area contributed by atoms with Gasteiger partial charge in [-0.15, -0.1) is 0 Å². The predicted octanol–water partition coefficient (Wildman–Crippen LogP) is 3.11. The number of aryl methyl sites for hydroxylation is 3. The fourth-order valence-corrected chi connectivity index (χ4v) is 2.63. The summed E-state index contributed by atoms with van der Waals surface area (Å²) in [5.41, 5.74) is 5.41. The van der Waals surface area contributed by atoms with Gasteiger partial charge in [0.05, 0.1) is 18.2 Å². The van der Waals surface area contributed by atoms with Crippen LogP contribution in [-0.2, 0) is 18.3 Å². The van der Waals surface area contributed by atoms with Gasteiger partial charge >= 0.3 is 0 Å². The van der Waals surface area contributed by atoms with E-state index in [1.54, 1.807) is 0 Å². The van der Waals surface area contributed by atoms with Gasteiger partial charge < -0.3 is 4.90 Å². The quantitative estimate of drug-likeness (QED) is 0.870. The van der Waals surface area contributed by atoms with E-state index in [9.17, 15) is 4.79 Å². The molecule has 0 radical (unpaired) electrons. The van der Waals surface area contributed by atoms with Crippen LogP contribution >= 0.6 is 0 Å². The van der Waals surface area contributed by atoms with E-state index < -0.39 is 0 Å². The topological polar surface area (TPSA) is 38.1 Å². The molecular formula is C18H25N3O. The number of carbonyl (C=O) groups excluding carboxylic acids is 1. The lowest BCUT2D eigenvalue weighted by molar-refractivity contribution is -0.131. The van der Waals surface area contributed by atoms with Crippen LogP contribution in [0.1, 0.15) is 41.0 Å². The molecule has 0 saturated heterocycles. The first-order valence-electron chi connectivity index (χ1n) is 7.62. The first kappa shape index (κ1) is 16.3. The standard InChI is InChI=1S/C18H25N3O/c1-12-7-9-16(10-8-12)14(3)20(5)18(22)11-17-13(2)19-21(6)15(17)4/h7-10,14H,11H2,1-6H3. The molecule has 1 atom stereocenters. The molecule has 2 rings (SSSR count). The largest absolute Gasteiger partial charge is 0.339 e. The summed E-state index contributed by atoms with van der Waals surface area (Å²) in [6.45, 7) is 8.09. The average Bonchev–Trinajstić information content (AvgIpc) is 2.73. The van der Waals surface area contributed by atoms with E-state index in [2.05, 4.69) is 43.2 Å². The highest BCUT2D eigenvalue weighted by Gasteiger charge is 2.20. The minimum atomic E-state index is 0.0605. The summed E-state index contributed by atoms with van der Waals surface area (Å²) in [4.78, 5) is 14.4. The number of aromatic nitrogens is 2. The van der Waals surface area contributed by atoms with Crippen molar-refractivity contribution in [1.29, 1.82) is 0 Å². The Morgan fingerprint density at radius 3 is 2.32 bits per heavy atom. The lowest BCUT2D eigenvalue weighted by atomic mass is 10.0. The zero-order valence-corrected chi connectivity index (χ0v) is 14.3. The van der Waals surface area contributed by atoms with E-state index in [1.807, 2.05) is 37.5 Å². The van der Waals surface area contributed by atoms with Crippen molar-refractivity contribution in [3.8, 4) is 0 Å². The maximum atomic E-state index is 12.6. The monoisotopic (exact) mass is 299 g/mol. The maximum absolute atomic E-state index is 12.6.